The minimum Gasteiger partial charge on any atom is -0.399 e. The molecule has 4 nitrogen and oxygen atoms in total. The topological polar surface area (TPSA) is 72.2 Å². The van der Waals surface area contributed by atoms with Crippen molar-refractivity contribution in [1.82, 2.24) is 5.32 Å². The number of imide groups is 1. The molecule has 1 aliphatic rings. The predicted molar refractivity (Wildman–Crippen MR) is 65.2 cm³/mol. The van der Waals surface area contributed by atoms with E-state index in [9.17, 15) is 9.59 Å². The lowest BCUT2D eigenvalue weighted by atomic mass is 9.78. The van der Waals surface area contributed by atoms with E-state index < -0.39 is 5.41 Å². The van der Waals surface area contributed by atoms with E-state index in [1.54, 1.807) is 12.1 Å². The molecule has 0 aromatic heterocycles. The van der Waals surface area contributed by atoms with Crippen molar-refractivity contribution in [2.24, 2.45) is 0 Å². The average molecular weight is 232 g/mol. The van der Waals surface area contributed by atoms with Gasteiger partial charge in [0.25, 0.3) is 0 Å². The average Bonchev–Trinajstić information content (AvgIpc) is 2.40. The van der Waals surface area contributed by atoms with Crippen molar-refractivity contribution in [3.8, 4) is 0 Å². The number of carbonyl (C=O) groups is 2. The van der Waals surface area contributed by atoms with E-state index in [1.807, 2.05) is 19.1 Å². The summed E-state index contributed by atoms with van der Waals surface area (Å²) in [6.45, 7) is 1.86. The van der Waals surface area contributed by atoms with E-state index in [-0.39, 0.29) is 11.8 Å². The van der Waals surface area contributed by atoms with E-state index in [0.717, 1.165) is 5.56 Å². The molecule has 0 spiro atoms. The molecule has 1 saturated heterocycles. The Morgan fingerprint density at radius 2 is 2.12 bits per heavy atom. The Bertz CT molecular complexity index is 470. The minimum absolute atomic E-state index is 0.192. The number of amides is 2. The Balaban J connectivity index is 2.40. The number of hydrogen-bond acceptors (Lipinski definition) is 3. The van der Waals surface area contributed by atoms with Crippen LogP contribution in [0.1, 0.15) is 31.7 Å². The molecule has 2 rings (SSSR count). The van der Waals surface area contributed by atoms with Gasteiger partial charge < -0.3 is 5.73 Å². The molecule has 2 amide bonds. The molecule has 1 aromatic carbocycles. The van der Waals surface area contributed by atoms with Crippen molar-refractivity contribution in [2.75, 3.05) is 5.73 Å². The van der Waals surface area contributed by atoms with Gasteiger partial charge in [0.15, 0.2) is 0 Å². The van der Waals surface area contributed by atoms with Crippen LogP contribution in [-0.4, -0.2) is 11.8 Å². The Morgan fingerprint density at radius 1 is 1.35 bits per heavy atom. The van der Waals surface area contributed by atoms with Gasteiger partial charge in [-0.05, 0) is 37.5 Å². The Labute approximate surface area is 100 Å². The third-order valence-corrected chi connectivity index (χ3v) is 3.36. The molecule has 1 fully saturated rings. The summed E-state index contributed by atoms with van der Waals surface area (Å²) in [5.41, 5.74) is 6.57. The molecule has 90 valence electrons. The first-order chi connectivity index (χ1) is 8.02. The third kappa shape index (κ3) is 2.16. The zero-order valence-electron chi connectivity index (χ0n) is 9.82. The standard InChI is InChI=1S/C13H16N2O2/c1-13(9-4-2-5-10(14)8-9)7-3-6-11(16)15-12(13)17/h2,4-5,8H,3,6-7,14H2,1H3,(H,15,16,17). The van der Waals surface area contributed by atoms with Crippen LogP contribution in [0.15, 0.2) is 24.3 Å². The van der Waals surface area contributed by atoms with Gasteiger partial charge in [-0.3, -0.25) is 14.9 Å². The molecule has 0 radical (unpaired) electrons. The van der Waals surface area contributed by atoms with Crippen LogP contribution in [0.5, 0.6) is 0 Å². The van der Waals surface area contributed by atoms with Gasteiger partial charge in [0.05, 0.1) is 5.41 Å². The van der Waals surface area contributed by atoms with E-state index in [0.29, 0.717) is 24.9 Å². The molecule has 0 aliphatic carbocycles. The van der Waals surface area contributed by atoms with E-state index >= 15 is 0 Å². The first-order valence-electron chi connectivity index (χ1n) is 5.73. The van der Waals surface area contributed by atoms with Gasteiger partial charge >= 0.3 is 0 Å². The van der Waals surface area contributed by atoms with Gasteiger partial charge in [-0.15, -0.1) is 0 Å². The van der Waals surface area contributed by atoms with Crippen LogP contribution in [0, 0.1) is 0 Å². The van der Waals surface area contributed by atoms with Crippen molar-refractivity contribution in [2.45, 2.75) is 31.6 Å². The van der Waals surface area contributed by atoms with Crippen LogP contribution >= 0.6 is 0 Å². The van der Waals surface area contributed by atoms with Crippen molar-refractivity contribution < 1.29 is 9.59 Å². The highest BCUT2D eigenvalue weighted by molar-refractivity contribution is 6.01. The SMILES string of the molecule is CC1(c2cccc(N)c2)CCCC(=O)NC1=O. The molecular formula is C13H16N2O2. The van der Waals surface area contributed by atoms with Crippen LogP contribution < -0.4 is 11.1 Å². The molecule has 1 atom stereocenters. The molecule has 3 N–H and O–H groups in total. The highest BCUT2D eigenvalue weighted by atomic mass is 16.2. The minimum atomic E-state index is -0.665. The van der Waals surface area contributed by atoms with Gasteiger partial charge in [-0.1, -0.05) is 12.1 Å². The second-order valence-electron chi connectivity index (χ2n) is 4.69. The molecule has 1 heterocycles. The van der Waals surface area contributed by atoms with Crippen molar-refractivity contribution >= 4 is 17.5 Å². The Hall–Kier alpha value is -1.84. The Kier molecular flexibility index (Phi) is 2.88. The summed E-state index contributed by atoms with van der Waals surface area (Å²) in [6, 6.07) is 7.30. The number of anilines is 1. The van der Waals surface area contributed by atoms with Crippen molar-refractivity contribution in [3.05, 3.63) is 29.8 Å². The molecule has 4 heteroatoms. The predicted octanol–water partition coefficient (Wildman–Crippen LogP) is 1.35. The quantitative estimate of drug-likeness (QED) is 0.567. The summed E-state index contributed by atoms with van der Waals surface area (Å²) < 4.78 is 0. The lowest BCUT2D eigenvalue weighted by Crippen LogP contribution is -2.42. The zero-order valence-corrected chi connectivity index (χ0v) is 9.82. The number of hydrogen-bond donors (Lipinski definition) is 2. The van der Waals surface area contributed by atoms with E-state index in [2.05, 4.69) is 5.32 Å². The molecular weight excluding hydrogens is 216 g/mol. The van der Waals surface area contributed by atoms with Crippen LogP contribution in [0.25, 0.3) is 0 Å². The lowest BCUT2D eigenvalue weighted by Gasteiger charge is -2.26. The van der Waals surface area contributed by atoms with Crippen LogP contribution in [0.2, 0.25) is 0 Å². The number of carbonyl (C=O) groups excluding carboxylic acids is 2. The summed E-state index contributed by atoms with van der Waals surface area (Å²) in [7, 11) is 0. The van der Waals surface area contributed by atoms with E-state index in [1.165, 1.54) is 0 Å². The number of nitrogens with one attached hydrogen (secondary N) is 1. The first-order valence-corrected chi connectivity index (χ1v) is 5.73. The van der Waals surface area contributed by atoms with Crippen LogP contribution in [0.3, 0.4) is 0 Å². The zero-order chi connectivity index (χ0) is 12.5. The maximum Gasteiger partial charge on any atom is 0.236 e. The number of nitrogens with two attached hydrogens (primary N) is 1. The maximum atomic E-state index is 12.1. The van der Waals surface area contributed by atoms with Gasteiger partial charge in [0.1, 0.15) is 0 Å². The normalized spacial score (nSPS) is 25.2. The van der Waals surface area contributed by atoms with Gasteiger partial charge in [-0.2, -0.15) is 0 Å². The fourth-order valence-electron chi connectivity index (χ4n) is 2.20. The summed E-state index contributed by atoms with van der Waals surface area (Å²) in [4.78, 5) is 23.4. The molecule has 0 saturated carbocycles. The smallest absolute Gasteiger partial charge is 0.236 e. The fourth-order valence-corrected chi connectivity index (χ4v) is 2.20. The number of nitrogen functional groups attached to an aromatic ring is 1. The lowest BCUT2D eigenvalue weighted by molar-refractivity contribution is -0.132. The van der Waals surface area contributed by atoms with Crippen LogP contribution in [0.4, 0.5) is 5.69 Å². The highest BCUT2D eigenvalue weighted by Crippen LogP contribution is 2.32. The molecule has 1 unspecified atom stereocenters. The summed E-state index contributed by atoms with van der Waals surface area (Å²) in [6.07, 6.45) is 1.78. The van der Waals surface area contributed by atoms with E-state index in [4.69, 9.17) is 5.73 Å². The summed E-state index contributed by atoms with van der Waals surface area (Å²) in [5, 5.41) is 2.43. The summed E-state index contributed by atoms with van der Waals surface area (Å²) >= 11 is 0. The van der Waals surface area contributed by atoms with Gasteiger partial charge in [-0.25, -0.2) is 0 Å². The Morgan fingerprint density at radius 3 is 2.82 bits per heavy atom. The monoisotopic (exact) mass is 232 g/mol. The van der Waals surface area contributed by atoms with Crippen LogP contribution in [-0.2, 0) is 15.0 Å². The fraction of sp³-hybridized carbons (Fsp3) is 0.385. The second kappa shape index (κ2) is 4.20. The van der Waals surface area contributed by atoms with Gasteiger partial charge in [0, 0.05) is 12.1 Å². The third-order valence-electron chi connectivity index (χ3n) is 3.36. The molecule has 0 bridgehead atoms. The van der Waals surface area contributed by atoms with Gasteiger partial charge in [0.2, 0.25) is 11.8 Å². The largest absolute Gasteiger partial charge is 0.399 e. The number of rotatable bonds is 1. The molecule has 17 heavy (non-hydrogen) atoms. The molecule has 1 aliphatic heterocycles. The maximum absolute atomic E-state index is 12.1. The summed E-state index contributed by atoms with van der Waals surface area (Å²) in [5.74, 6) is -0.423. The van der Waals surface area contributed by atoms with Crippen molar-refractivity contribution in [1.29, 1.82) is 0 Å². The highest BCUT2D eigenvalue weighted by Gasteiger charge is 2.37. The first kappa shape index (κ1) is 11.6. The molecule has 1 aromatic rings. The number of benzene rings is 1. The second-order valence-corrected chi connectivity index (χ2v) is 4.69. The van der Waals surface area contributed by atoms with Crippen molar-refractivity contribution in [3.63, 3.8) is 0 Å².